The molecule has 1 aromatic carbocycles. The highest BCUT2D eigenvalue weighted by molar-refractivity contribution is 5.79. The van der Waals surface area contributed by atoms with Crippen LogP contribution in [0.15, 0.2) is 16.9 Å². The smallest absolute Gasteiger partial charge is 0.261 e. The van der Waals surface area contributed by atoms with Gasteiger partial charge in [-0.3, -0.25) is 4.79 Å². The molecular weight excluding hydrogens is 401 g/mol. The maximum absolute atomic E-state index is 14.6. The summed E-state index contributed by atoms with van der Waals surface area (Å²) in [7, 11) is 0. The highest BCUT2D eigenvalue weighted by Gasteiger charge is 2.20. The van der Waals surface area contributed by atoms with Crippen LogP contribution in [0, 0.1) is 11.7 Å². The van der Waals surface area contributed by atoms with Crippen LogP contribution in [0.25, 0.3) is 10.9 Å². The monoisotopic (exact) mass is 433 g/mol. The highest BCUT2D eigenvalue weighted by atomic mass is 19.1. The van der Waals surface area contributed by atoms with Gasteiger partial charge >= 0.3 is 0 Å². The molecule has 0 saturated carbocycles. The number of hydrogen-bond acceptors (Lipinski definition) is 6. The Morgan fingerprint density at radius 2 is 2.00 bits per heavy atom. The zero-order chi connectivity index (χ0) is 21.6. The molecule has 7 nitrogen and oxygen atoms in total. The van der Waals surface area contributed by atoms with Gasteiger partial charge in [0.15, 0.2) is 0 Å². The average molecular weight is 434 g/mol. The van der Waals surface area contributed by atoms with Crippen LogP contribution >= 0.6 is 0 Å². The number of nitrogens with one attached hydrogen (secondary N) is 1. The Morgan fingerprint density at radius 3 is 2.74 bits per heavy atom. The molecule has 2 aliphatic heterocycles. The topological polar surface area (TPSA) is 76.7 Å². The van der Waals surface area contributed by atoms with E-state index in [4.69, 9.17) is 14.2 Å². The first-order valence-electron chi connectivity index (χ1n) is 11.4. The van der Waals surface area contributed by atoms with Crippen LogP contribution in [-0.2, 0) is 16.1 Å². The molecule has 31 heavy (non-hydrogen) atoms. The third-order valence-corrected chi connectivity index (χ3v) is 6.14. The van der Waals surface area contributed by atoms with Gasteiger partial charge in [0.2, 0.25) is 0 Å². The summed E-state index contributed by atoms with van der Waals surface area (Å²) in [4.78, 5) is 22.0. The molecule has 1 N–H and O–H groups in total. The molecular formula is C23H32FN3O4. The largest absolute Gasteiger partial charge is 0.493 e. The van der Waals surface area contributed by atoms with Gasteiger partial charge < -0.3 is 24.1 Å². The van der Waals surface area contributed by atoms with Crippen molar-refractivity contribution in [1.82, 2.24) is 14.9 Å². The number of fused-ring (bicyclic) bond motifs is 1. The lowest BCUT2D eigenvalue weighted by atomic mass is 10.0. The van der Waals surface area contributed by atoms with E-state index < -0.39 is 11.4 Å². The van der Waals surface area contributed by atoms with E-state index in [1.165, 1.54) is 6.07 Å². The van der Waals surface area contributed by atoms with Crippen molar-refractivity contribution in [1.29, 1.82) is 0 Å². The van der Waals surface area contributed by atoms with Crippen molar-refractivity contribution in [3.63, 3.8) is 0 Å². The van der Waals surface area contributed by atoms with Crippen molar-refractivity contribution in [3.05, 3.63) is 34.1 Å². The Bertz CT molecular complexity index is 921. The maximum atomic E-state index is 14.6. The molecule has 4 rings (SSSR count). The molecule has 0 aliphatic carbocycles. The lowest BCUT2D eigenvalue weighted by Gasteiger charge is -2.31. The van der Waals surface area contributed by atoms with Crippen molar-refractivity contribution in [3.8, 4) is 5.75 Å². The number of hydrogen-bond donors (Lipinski definition) is 1. The van der Waals surface area contributed by atoms with E-state index in [0.29, 0.717) is 29.6 Å². The van der Waals surface area contributed by atoms with Crippen molar-refractivity contribution in [2.75, 3.05) is 39.5 Å². The number of aromatic amines is 1. The van der Waals surface area contributed by atoms with E-state index in [1.807, 2.05) is 0 Å². The summed E-state index contributed by atoms with van der Waals surface area (Å²) in [5.41, 5.74) is -0.197. The molecule has 0 unspecified atom stereocenters. The second kappa shape index (κ2) is 10.5. The molecule has 2 aromatic rings. The van der Waals surface area contributed by atoms with Gasteiger partial charge in [-0.15, -0.1) is 0 Å². The normalized spacial score (nSPS) is 19.2. The Kier molecular flexibility index (Phi) is 7.53. The second-order valence-corrected chi connectivity index (χ2v) is 8.53. The lowest BCUT2D eigenvalue weighted by molar-refractivity contribution is -0.00506. The Hall–Kier alpha value is -2.03. The molecule has 170 valence electrons. The standard InChI is InChI=1S/C23H32FN3O4/c1-2-7-27-8-3-17(4-9-27)31-15-21-25-20-13-18(12-19(24)22(20)23(28)26-21)30-14-16-5-10-29-11-6-16/h12-13,16-17H,2-11,14-15H2,1H3,(H,25,26,28). The number of piperidine rings is 1. The zero-order valence-corrected chi connectivity index (χ0v) is 18.2. The predicted octanol–water partition coefficient (Wildman–Crippen LogP) is 3.26. The summed E-state index contributed by atoms with van der Waals surface area (Å²) < 4.78 is 31.8. The first kappa shape index (κ1) is 22.2. The van der Waals surface area contributed by atoms with E-state index in [9.17, 15) is 9.18 Å². The number of H-pyrrole nitrogens is 1. The minimum Gasteiger partial charge on any atom is -0.493 e. The van der Waals surface area contributed by atoms with Crippen LogP contribution in [0.2, 0.25) is 0 Å². The summed E-state index contributed by atoms with van der Waals surface area (Å²) in [5, 5.41) is -0.0463. The van der Waals surface area contributed by atoms with Crippen molar-refractivity contribution in [2.24, 2.45) is 5.92 Å². The number of nitrogens with zero attached hydrogens (tertiary/aromatic N) is 2. The Balaban J connectivity index is 1.40. The van der Waals surface area contributed by atoms with E-state index in [0.717, 1.165) is 65.0 Å². The van der Waals surface area contributed by atoms with Crippen LogP contribution in [0.3, 0.4) is 0 Å². The fraction of sp³-hybridized carbons (Fsp3) is 0.652. The molecule has 2 aliphatic rings. The third-order valence-electron chi connectivity index (χ3n) is 6.14. The van der Waals surface area contributed by atoms with Gasteiger partial charge in [-0.1, -0.05) is 6.92 Å². The summed E-state index contributed by atoms with van der Waals surface area (Å²) in [6, 6.07) is 2.90. The van der Waals surface area contributed by atoms with Crippen LogP contribution in [0.4, 0.5) is 4.39 Å². The second-order valence-electron chi connectivity index (χ2n) is 8.53. The van der Waals surface area contributed by atoms with E-state index in [2.05, 4.69) is 21.8 Å². The first-order chi connectivity index (χ1) is 15.1. The van der Waals surface area contributed by atoms with Crippen LogP contribution in [-0.4, -0.2) is 60.4 Å². The fourth-order valence-electron chi connectivity index (χ4n) is 4.34. The molecule has 0 amide bonds. The van der Waals surface area contributed by atoms with Crippen LogP contribution in [0.1, 0.15) is 44.9 Å². The Labute approximate surface area is 181 Å². The SMILES string of the molecule is CCCN1CCC(OCc2nc3cc(OCC4CCOCC4)cc(F)c3c(=O)[nH]2)CC1. The highest BCUT2D eigenvalue weighted by Crippen LogP contribution is 2.23. The van der Waals surface area contributed by atoms with Gasteiger partial charge in [0.05, 0.1) is 18.2 Å². The molecule has 0 bridgehead atoms. The third kappa shape index (κ3) is 5.81. The quantitative estimate of drug-likeness (QED) is 0.689. The van der Waals surface area contributed by atoms with E-state index in [1.54, 1.807) is 6.07 Å². The molecule has 2 fully saturated rings. The maximum Gasteiger partial charge on any atom is 0.261 e. The van der Waals surface area contributed by atoms with Gasteiger partial charge in [-0.05, 0) is 44.6 Å². The number of aromatic nitrogens is 2. The Morgan fingerprint density at radius 1 is 1.23 bits per heavy atom. The lowest BCUT2D eigenvalue weighted by Crippen LogP contribution is -2.37. The van der Waals surface area contributed by atoms with Gasteiger partial charge in [0, 0.05) is 38.4 Å². The molecule has 1 aromatic heterocycles. The number of likely N-dealkylation sites (tertiary alicyclic amines) is 1. The molecule has 8 heteroatoms. The molecule has 2 saturated heterocycles. The molecule has 0 radical (unpaired) electrons. The fourth-order valence-corrected chi connectivity index (χ4v) is 4.34. The first-order valence-corrected chi connectivity index (χ1v) is 11.4. The van der Waals surface area contributed by atoms with Crippen LogP contribution in [0.5, 0.6) is 5.75 Å². The van der Waals surface area contributed by atoms with E-state index in [-0.39, 0.29) is 18.1 Å². The van der Waals surface area contributed by atoms with Crippen LogP contribution < -0.4 is 10.3 Å². The summed E-state index contributed by atoms with van der Waals surface area (Å²) >= 11 is 0. The number of halogens is 1. The number of rotatable bonds is 8. The number of ether oxygens (including phenoxy) is 3. The minimum absolute atomic E-state index is 0.0463. The summed E-state index contributed by atoms with van der Waals surface area (Å²) in [6.07, 6.45) is 5.12. The summed E-state index contributed by atoms with van der Waals surface area (Å²) in [6.45, 7) is 7.54. The molecule has 0 spiro atoms. The van der Waals surface area contributed by atoms with Crippen molar-refractivity contribution in [2.45, 2.75) is 51.7 Å². The minimum atomic E-state index is -0.621. The predicted molar refractivity (Wildman–Crippen MR) is 116 cm³/mol. The zero-order valence-electron chi connectivity index (χ0n) is 18.2. The molecule has 0 atom stereocenters. The van der Waals surface area contributed by atoms with E-state index >= 15 is 0 Å². The van der Waals surface area contributed by atoms with Gasteiger partial charge in [-0.25, -0.2) is 9.37 Å². The summed E-state index contributed by atoms with van der Waals surface area (Å²) in [5.74, 6) is 0.579. The number of benzene rings is 1. The average Bonchev–Trinajstić information content (AvgIpc) is 2.78. The van der Waals surface area contributed by atoms with Gasteiger partial charge in [-0.2, -0.15) is 0 Å². The van der Waals surface area contributed by atoms with Crippen molar-refractivity contribution < 1.29 is 18.6 Å². The van der Waals surface area contributed by atoms with Gasteiger partial charge in [0.1, 0.15) is 29.4 Å². The molecule has 3 heterocycles. The van der Waals surface area contributed by atoms with Gasteiger partial charge in [0.25, 0.3) is 5.56 Å². The van der Waals surface area contributed by atoms with Crippen molar-refractivity contribution >= 4 is 10.9 Å².